The first-order chi connectivity index (χ1) is 15.9. The van der Waals surface area contributed by atoms with Gasteiger partial charge in [-0.15, -0.1) is 0 Å². The smallest absolute Gasteiger partial charge is 0.246 e. The van der Waals surface area contributed by atoms with Crippen molar-refractivity contribution in [3.63, 3.8) is 0 Å². The second-order valence-corrected chi connectivity index (χ2v) is 10.5. The molecular weight excluding hydrogens is 440 g/mol. The number of hydrogen-bond donors (Lipinski definition) is 3. The Morgan fingerprint density at radius 3 is 2.48 bits per heavy atom. The van der Waals surface area contributed by atoms with Gasteiger partial charge in [0.25, 0.3) is 0 Å². The quantitative estimate of drug-likeness (QED) is 0.573. The van der Waals surface area contributed by atoms with E-state index < -0.39 is 16.1 Å². The summed E-state index contributed by atoms with van der Waals surface area (Å²) in [5, 5.41) is 2.94. The van der Waals surface area contributed by atoms with Gasteiger partial charge in [-0.05, 0) is 61.1 Å². The third-order valence-electron chi connectivity index (χ3n) is 6.37. The predicted octanol–water partition coefficient (Wildman–Crippen LogP) is 2.98. The van der Waals surface area contributed by atoms with Crippen LogP contribution in [-0.2, 0) is 21.2 Å². The predicted molar refractivity (Wildman–Crippen MR) is 127 cm³/mol. The number of carbonyl (C=O) groups is 1. The molecule has 2 aliphatic heterocycles. The van der Waals surface area contributed by atoms with Crippen molar-refractivity contribution in [2.75, 3.05) is 25.5 Å². The summed E-state index contributed by atoms with van der Waals surface area (Å²) >= 11 is 0. The summed E-state index contributed by atoms with van der Waals surface area (Å²) in [5.41, 5.74) is 8.94. The summed E-state index contributed by atoms with van der Waals surface area (Å²) in [6, 6.07) is 12.4. The summed E-state index contributed by atoms with van der Waals surface area (Å²) in [6.45, 7) is 3.14. The number of amides is 1. The van der Waals surface area contributed by atoms with Crippen molar-refractivity contribution in [1.82, 2.24) is 15.2 Å². The maximum atomic E-state index is 13.3. The third-order valence-corrected chi connectivity index (χ3v) is 8.29. The Morgan fingerprint density at radius 1 is 1.09 bits per heavy atom. The van der Waals surface area contributed by atoms with Crippen LogP contribution in [0.3, 0.4) is 0 Å². The molecule has 33 heavy (non-hydrogen) atoms. The highest BCUT2D eigenvalue weighted by Gasteiger charge is 2.33. The zero-order valence-corrected chi connectivity index (χ0v) is 20.0. The molecule has 2 saturated heterocycles. The number of benzene rings is 2. The fraction of sp³-hybridized carbons (Fsp3) is 0.458. The Hall–Kier alpha value is -2.46. The van der Waals surface area contributed by atoms with Crippen molar-refractivity contribution in [3.8, 4) is 5.75 Å². The van der Waals surface area contributed by atoms with E-state index in [4.69, 9.17) is 4.74 Å². The minimum atomic E-state index is -3.65. The summed E-state index contributed by atoms with van der Waals surface area (Å²) in [4.78, 5) is 12.9. The standard InChI is InChI=1S/C24H32N4O4S/c1-3-17-7-10-19(11-8-17)25-24(29)21-16-20(26-27-21)18-9-12-22(32-2)23(15-18)33(30,31)28-13-5-4-6-14-28/h7-12,15,20-21,26-27H,3-6,13-14,16H2,1-2H3,(H,25,29). The molecule has 0 radical (unpaired) electrons. The summed E-state index contributed by atoms with van der Waals surface area (Å²) in [5.74, 6) is 0.198. The molecule has 0 aromatic heterocycles. The van der Waals surface area contributed by atoms with Crippen molar-refractivity contribution < 1.29 is 17.9 Å². The van der Waals surface area contributed by atoms with Crippen molar-refractivity contribution in [2.45, 2.75) is 56.0 Å². The number of ether oxygens (including phenoxy) is 1. The first-order valence-electron chi connectivity index (χ1n) is 11.5. The van der Waals surface area contributed by atoms with Crippen LogP contribution in [0, 0.1) is 0 Å². The van der Waals surface area contributed by atoms with Gasteiger partial charge in [0.15, 0.2) is 0 Å². The van der Waals surface area contributed by atoms with Crippen molar-refractivity contribution >= 4 is 21.6 Å². The number of nitrogens with zero attached hydrogens (tertiary/aromatic N) is 1. The van der Waals surface area contributed by atoms with Crippen molar-refractivity contribution in [2.24, 2.45) is 0 Å². The number of sulfonamides is 1. The van der Waals surface area contributed by atoms with E-state index in [1.807, 2.05) is 30.3 Å². The van der Waals surface area contributed by atoms with Crippen molar-refractivity contribution in [3.05, 3.63) is 53.6 Å². The molecule has 2 aliphatic rings. The number of carbonyl (C=O) groups excluding carboxylic acids is 1. The molecule has 178 valence electrons. The number of rotatable bonds is 7. The number of hydrogen-bond acceptors (Lipinski definition) is 6. The lowest BCUT2D eigenvalue weighted by Gasteiger charge is -2.27. The maximum absolute atomic E-state index is 13.3. The molecule has 2 atom stereocenters. The zero-order chi connectivity index (χ0) is 23.4. The highest BCUT2D eigenvalue weighted by atomic mass is 32.2. The van der Waals surface area contributed by atoms with Gasteiger partial charge in [-0.2, -0.15) is 4.31 Å². The Balaban J connectivity index is 1.48. The summed E-state index contributed by atoms with van der Waals surface area (Å²) in [7, 11) is -2.17. The monoisotopic (exact) mass is 472 g/mol. The van der Waals surface area contributed by atoms with E-state index in [2.05, 4.69) is 23.1 Å². The largest absolute Gasteiger partial charge is 0.495 e. The van der Waals surface area contributed by atoms with E-state index in [0.29, 0.717) is 25.3 Å². The van der Waals surface area contributed by atoms with Crippen LogP contribution in [0.15, 0.2) is 47.4 Å². The Bertz CT molecular complexity index is 1080. The van der Waals surface area contributed by atoms with Gasteiger partial charge < -0.3 is 10.1 Å². The molecule has 0 bridgehead atoms. The topological polar surface area (TPSA) is 99.8 Å². The molecule has 4 rings (SSSR count). The van der Waals surface area contributed by atoms with Crippen LogP contribution in [0.25, 0.3) is 0 Å². The van der Waals surface area contributed by atoms with Gasteiger partial charge in [0.2, 0.25) is 15.9 Å². The van der Waals surface area contributed by atoms with Gasteiger partial charge in [0.05, 0.1) is 7.11 Å². The zero-order valence-electron chi connectivity index (χ0n) is 19.1. The lowest BCUT2D eigenvalue weighted by molar-refractivity contribution is -0.117. The first kappa shape index (κ1) is 23.7. The Labute approximate surface area is 195 Å². The molecule has 2 aromatic rings. The van der Waals surface area contributed by atoms with Crippen molar-refractivity contribution in [1.29, 1.82) is 0 Å². The Morgan fingerprint density at radius 2 is 1.82 bits per heavy atom. The number of aryl methyl sites for hydroxylation is 1. The molecule has 2 unspecified atom stereocenters. The minimum Gasteiger partial charge on any atom is -0.495 e. The number of nitrogens with one attached hydrogen (secondary N) is 3. The van der Waals surface area contributed by atoms with E-state index in [0.717, 1.165) is 36.9 Å². The first-order valence-corrected chi connectivity index (χ1v) is 13.0. The average Bonchev–Trinajstić information content (AvgIpc) is 3.35. The number of piperidine rings is 1. The molecule has 2 aromatic carbocycles. The van der Waals surface area contributed by atoms with Crippen LogP contribution in [0.4, 0.5) is 5.69 Å². The van der Waals surface area contributed by atoms with Gasteiger partial charge in [0, 0.05) is 24.8 Å². The molecule has 2 fully saturated rings. The van der Waals surface area contributed by atoms with Gasteiger partial charge in [0.1, 0.15) is 16.7 Å². The van der Waals surface area contributed by atoms with Gasteiger partial charge in [-0.25, -0.2) is 19.3 Å². The van der Waals surface area contributed by atoms with Crippen LogP contribution in [0.5, 0.6) is 5.75 Å². The normalized spacial score (nSPS) is 21.6. The van der Waals surface area contributed by atoms with Gasteiger partial charge in [-0.1, -0.05) is 31.5 Å². The molecule has 8 nitrogen and oxygen atoms in total. The Kier molecular flexibility index (Phi) is 7.33. The molecule has 9 heteroatoms. The fourth-order valence-corrected chi connectivity index (χ4v) is 6.06. The van der Waals surface area contributed by atoms with E-state index >= 15 is 0 Å². The second-order valence-electron chi connectivity index (χ2n) is 8.54. The van der Waals surface area contributed by atoms with E-state index in [1.54, 1.807) is 16.4 Å². The molecular formula is C24H32N4O4S. The molecule has 0 saturated carbocycles. The van der Waals surface area contributed by atoms with Gasteiger partial charge >= 0.3 is 0 Å². The van der Waals surface area contributed by atoms with E-state index in [-0.39, 0.29) is 16.8 Å². The molecule has 1 amide bonds. The van der Waals surface area contributed by atoms with Crippen LogP contribution in [0.2, 0.25) is 0 Å². The highest BCUT2D eigenvalue weighted by molar-refractivity contribution is 7.89. The third kappa shape index (κ3) is 5.22. The molecule has 0 spiro atoms. The SMILES string of the molecule is CCc1ccc(NC(=O)C2CC(c3ccc(OC)c(S(=O)(=O)N4CCCCC4)c3)NN2)cc1. The van der Waals surface area contributed by atoms with E-state index in [1.165, 1.54) is 12.7 Å². The summed E-state index contributed by atoms with van der Waals surface area (Å²) in [6.07, 6.45) is 4.23. The number of methoxy groups -OCH3 is 1. The van der Waals surface area contributed by atoms with Crippen LogP contribution < -0.4 is 20.9 Å². The second kappa shape index (κ2) is 10.2. The minimum absolute atomic E-state index is 0.135. The highest BCUT2D eigenvalue weighted by Crippen LogP contribution is 2.33. The molecule has 3 N–H and O–H groups in total. The maximum Gasteiger partial charge on any atom is 0.246 e. The number of anilines is 1. The van der Waals surface area contributed by atoms with Gasteiger partial charge in [-0.3, -0.25) is 4.79 Å². The molecule has 2 heterocycles. The summed E-state index contributed by atoms with van der Waals surface area (Å²) < 4.78 is 33.5. The van der Waals surface area contributed by atoms with E-state index in [9.17, 15) is 13.2 Å². The molecule has 0 aliphatic carbocycles. The van der Waals surface area contributed by atoms with Crippen LogP contribution in [0.1, 0.15) is 49.8 Å². The average molecular weight is 473 g/mol. The van der Waals surface area contributed by atoms with Crippen LogP contribution >= 0.6 is 0 Å². The number of hydrazine groups is 1. The lowest BCUT2D eigenvalue weighted by Crippen LogP contribution is -2.39. The van der Waals surface area contributed by atoms with Crippen LogP contribution in [-0.4, -0.2) is 44.9 Å². The fourth-order valence-electron chi connectivity index (χ4n) is 4.36. The lowest BCUT2D eigenvalue weighted by atomic mass is 10.0.